The number of nitrogens with one attached hydrogen (secondary N) is 1. The smallest absolute Gasteiger partial charge is 0.408 e. The lowest BCUT2D eigenvalue weighted by Gasteiger charge is -2.29. The van der Waals surface area contributed by atoms with Crippen molar-refractivity contribution in [1.29, 1.82) is 0 Å². The normalized spacial score (nSPS) is 36.6. The molecule has 0 radical (unpaired) electrons. The Morgan fingerprint density at radius 1 is 1.26 bits per heavy atom. The average Bonchev–Trinajstić information content (AvgIpc) is 3.09. The number of fused-ring (bicyclic) bond motifs is 1. The van der Waals surface area contributed by atoms with Crippen LogP contribution in [0, 0.1) is 17.8 Å². The maximum atomic E-state index is 12.7. The van der Waals surface area contributed by atoms with Crippen molar-refractivity contribution in [2.24, 2.45) is 17.8 Å². The number of amides is 1. The number of ketones is 1. The minimum atomic E-state index is -0.711. The first-order chi connectivity index (χ1) is 10.7. The van der Waals surface area contributed by atoms with Gasteiger partial charge in [0, 0.05) is 0 Å². The minimum absolute atomic E-state index is 0.0115. The van der Waals surface area contributed by atoms with Gasteiger partial charge >= 0.3 is 6.09 Å². The number of rotatable bonds is 5. The van der Waals surface area contributed by atoms with Crippen molar-refractivity contribution in [2.45, 2.75) is 77.0 Å². The molecule has 1 saturated heterocycles. The molecular formula is C18H29NO4. The van der Waals surface area contributed by atoms with Crippen molar-refractivity contribution in [3.63, 3.8) is 0 Å². The second kappa shape index (κ2) is 5.76. The Hall–Kier alpha value is -1.10. The lowest BCUT2D eigenvalue weighted by atomic mass is 9.77. The standard InChI is InChI=1S/C18H29NO4/c1-17(2,3)23-16(21)19-14(15(20)18(4)10-22-18)9-11-7-12-5-6-13(12)8-11/h11-14H,5-10H2,1-4H3,(H,19,21)/t11?,12-,13+,14-,18+/m0/s1. The SMILES string of the molecule is CC(C)(C)OC(=O)N[C@@H](CC1C[C@H]2CC[C@H]2C1)C(=O)[C@@]1(C)CO1. The Kier molecular flexibility index (Phi) is 4.20. The first-order valence-corrected chi connectivity index (χ1v) is 8.84. The van der Waals surface area contributed by atoms with Gasteiger partial charge in [0.15, 0.2) is 5.78 Å². The van der Waals surface area contributed by atoms with Crippen LogP contribution in [0.25, 0.3) is 0 Å². The molecule has 1 unspecified atom stereocenters. The number of ether oxygens (including phenoxy) is 2. The fraction of sp³-hybridized carbons (Fsp3) is 0.889. The summed E-state index contributed by atoms with van der Waals surface area (Å²) >= 11 is 0. The Morgan fingerprint density at radius 2 is 1.83 bits per heavy atom. The van der Waals surface area contributed by atoms with Crippen molar-refractivity contribution in [3.05, 3.63) is 0 Å². The molecule has 2 aliphatic carbocycles. The van der Waals surface area contributed by atoms with Crippen LogP contribution in [0.3, 0.4) is 0 Å². The van der Waals surface area contributed by atoms with Crippen LogP contribution < -0.4 is 5.32 Å². The summed E-state index contributed by atoms with van der Waals surface area (Å²) in [6, 6.07) is -0.500. The van der Waals surface area contributed by atoms with Gasteiger partial charge in [-0.05, 0) is 77.6 Å². The molecule has 1 heterocycles. The Bertz CT molecular complexity index is 480. The van der Waals surface area contributed by atoms with Crippen LogP contribution in [0.5, 0.6) is 0 Å². The number of epoxide rings is 1. The molecule has 3 fully saturated rings. The van der Waals surface area contributed by atoms with E-state index in [0.717, 1.165) is 11.8 Å². The van der Waals surface area contributed by atoms with Gasteiger partial charge in [-0.25, -0.2) is 4.79 Å². The van der Waals surface area contributed by atoms with Crippen LogP contribution in [0.4, 0.5) is 4.79 Å². The van der Waals surface area contributed by atoms with E-state index in [4.69, 9.17) is 9.47 Å². The van der Waals surface area contributed by atoms with Gasteiger partial charge < -0.3 is 14.8 Å². The zero-order valence-corrected chi connectivity index (χ0v) is 14.7. The summed E-state index contributed by atoms with van der Waals surface area (Å²) in [7, 11) is 0. The summed E-state index contributed by atoms with van der Waals surface area (Å²) in [5.41, 5.74) is -1.28. The topological polar surface area (TPSA) is 67.9 Å². The summed E-state index contributed by atoms with van der Waals surface area (Å²) < 4.78 is 10.6. The zero-order valence-electron chi connectivity index (χ0n) is 14.7. The number of carbonyl (C=O) groups is 2. The van der Waals surface area contributed by atoms with Crippen LogP contribution in [0.1, 0.15) is 59.8 Å². The summed E-state index contributed by atoms with van der Waals surface area (Å²) in [4.78, 5) is 24.8. The summed E-state index contributed by atoms with van der Waals surface area (Å²) in [5, 5.41) is 2.81. The van der Waals surface area contributed by atoms with Gasteiger partial charge in [-0.3, -0.25) is 4.79 Å². The molecule has 2 saturated carbocycles. The molecule has 3 aliphatic rings. The maximum absolute atomic E-state index is 12.7. The molecule has 0 aromatic rings. The van der Waals surface area contributed by atoms with Crippen LogP contribution >= 0.6 is 0 Å². The van der Waals surface area contributed by atoms with E-state index in [1.807, 2.05) is 20.8 Å². The van der Waals surface area contributed by atoms with Crippen molar-refractivity contribution in [2.75, 3.05) is 6.61 Å². The average molecular weight is 323 g/mol. The lowest BCUT2D eigenvalue weighted by Crippen LogP contribution is -2.48. The number of hydrogen-bond donors (Lipinski definition) is 1. The second-order valence-corrected chi connectivity index (χ2v) is 8.75. The molecular weight excluding hydrogens is 294 g/mol. The number of carbonyl (C=O) groups excluding carboxylic acids is 2. The molecule has 130 valence electrons. The highest BCUT2D eigenvalue weighted by atomic mass is 16.6. The number of alkyl carbamates (subject to hydrolysis) is 1. The van der Waals surface area contributed by atoms with Gasteiger partial charge in [0.25, 0.3) is 0 Å². The van der Waals surface area contributed by atoms with Crippen LogP contribution in [0.2, 0.25) is 0 Å². The van der Waals surface area contributed by atoms with E-state index in [2.05, 4.69) is 5.32 Å². The van der Waals surface area contributed by atoms with Crippen LogP contribution in [-0.4, -0.2) is 35.7 Å². The highest BCUT2D eigenvalue weighted by Gasteiger charge is 2.51. The van der Waals surface area contributed by atoms with E-state index in [1.165, 1.54) is 25.7 Å². The Morgan fingerprint density at radius 3 is 2.26 bits per heavy atom. The first kappa shape index (κ1) is 16.7. The third kappa shape index (κ3) is 3.87. The Labute approximate surface area is 138 Å². The van der Waals surface area contributed by atoms with Gasteiger partial charge in [0.05, 0.1) is 12.6 Å². The van der Waals surface area contributed by atoms with E-state index in [9.17, 15) is 9.59 Å². The van der Waals surface area contributed by atoms with Crippen LogP contribution in [0.15, 0.2) is 0 Å². The van der Waals surface area contributed by atoms with E-state index in [-0.39, 0.29) is 5.78 Å². The van der Waals surface area contributed by atoms with E-state index in [1.54, 1.807) is 6.92 Å². The predicted octanol–water partition coefficient (Wildman–Crippen LogP) is 3.06. The number of Topliss-reactive ketones (excluding diaryl/α,β-unsaturated/α-hetero) is 1. The lowest BCUT2D eigenvalue weighted by molar-refractivity contribution is -0.126. The second-order valence-electron chi connectivity index (χ2n) is 8.75. The van der Waals surface area contributed by atoms with E-state index >= 15 is 0 Å². The van der Waals surface area contributed by atoms with Gasteiger partial charge in [-0.1, -0.05) is 0 Å². The molecule has 5 nitrogen and oxygen atoms in total. The molecule has 5 atom stereocenters. The number of hydrogen-bond acceptors (Lipinski definition) is 4. The van der Waals surface area contributed by atoms with Gasteiger partial charge in [-0.2, -0.15) is 0 Å². The molecule has 23 heavy (non-hydrogen) atoms. The van der Waals surface area contributed by atoms with Crippen LogP contribution in [-0.2, 0) is 14.3 Å². The monoisotopic (exact) mass is 323 g/mol. The highest BCUT2D eigenvalue weighted by molar-refractivity contribution is 5.95. The van der Waals surface area contributed by atoms with Crippen molar-refractivity contribution in [1.82, 2.24) is 5.32 Å². The molecule has 0 spiro atoms. The molecule has 0 bridgehead atoms. The molecule has 5 heteroatoms. The van der Waals surface area contributed by atoms with Gasteiger partial charge in [-0.15, -0.1) is 0 Å². The fourth-order valence-corrected chi connectivity index (χ4v) is 4.04. The molecule has 1 N–H and O–H groups in total. The zero-order chi connectivity index (χ0) is 16.8. The quantitative estimate of drug-likeness (QED) is 0.790. The molecule has 1 aliphatic heterocycles. The molecule has 1 amide bonds. The summed E-state index contributed by atoms with van der Waals surface area (Å²) in [6.45, 7) is 7.72. The summed E-state index contributed by atoms with van der Waals surface area (Å²) in [5.74, 6) is 2.22. The largest absolute Gasteiger partial charge is 0.444 e. The first-order valence-electron chi connectivity index (χ1n) is 8.84. The minimum Gasteiger partial charge on any atom is -0.444 e. The molecule has 3 rings (SSSR count). The van der Waals surface area contributed by atoms with Crippen molar-refractivity contribution < 1.29 is 19.1 Å². The predicted molar refractivity (Wildman–Crippen MR) is 86.1 cm³/mol. The highest BCUT2D eigenvalue weighted by Crippen LogP contribution is 2.50. The molecule has 0 aromatic heterocycles. The van der Waals surface area contributed by atoms with Crippen molar-refractivity contribution in [3.8, 4) is 0 Å². The maximum Gasteiger partial charge on any atom is 0.408 e. The third-order valence-corrected chi connectivity index (χ3v) is 5.52. The third-order valence-electron chi connectivity index (χ3n) is 5.52. The van der Waals surface area contributed by atoms with Gasteiger partial charge in [0.1, 0.15) is 11.2 Å². The Balaban J connectivity index is 1.61. The summed E-state index contributed by atoms with van der Waals surface area (Å²) in [6.07, 6.45) is 5.26. The van der Waals surface area contributed by atoms with E-state index < -0.39 is 23.3 Å². The fourth-order valence-electron chi connectivity index (χ4n) is 4.04. The van der Waals surface area contributed by atoms with Gasteiger partial charge in [0.2, 0.25) is 0 Å². The molecule has 0 aromatic carbocycles. The van der Waals surface area contributed by atoms with Crippen molar-refractivity contribution >= 4 is 11.9 Å². The van der Waals surface area contributed by atoms with E-state index in [0.29, 0.717) is 18.9 Å².